The van der Waals surface area contributed by atoms with Crippen molar-refractivity contribution in [2.45, 2.75) is 51.5 Å². The quantitative estimate of drug-likeness (QED) is 0.531. The molecule has 2 unspecified atom stereocenters. The highest BCUT2D eigenvalue weighted by molar-refractivity contribution is 6.13. The molecule has 74 valence electrons. The molecule has 2 atom stereocenters. The van der Waals surface area contributed by atoms with Gasteiger partial charge in [0.25, 0.3) is 0 Å². The second-order valence-electron chi connectivity index (χ2n) is 5.14. The van der Waals surface area contributed by atoms with Gasteiger partial charge < -0.3 is 0 Å². The summed E-state index contributed by atoms with van der Waals surface area (Å²) in [4.78, 5) is 3.02. The predicted molar refractivity (Wildman–Crippen MR) is 56.7 cm³/mol. The van der Waals surface area contributed by atoms with Crippen LogP contribution in [0, 0.1) is 5.41 Å². The summed E-state index contributed by atoms with van der Waals surface area (Å²) in [6.45, 7) is 4.61. The minimum Gasteiger partial charge on any atom is -0.227 e. The summed E-state index contributed by atoms with van der Waals surface area (Å²) in [5.41, 5.74) is 2.28. The van der Waals surface area contributed by atoms with Gasteiger partial charge in [0.15, 0.2) is 0 Å². The molecule has 1 saturated carbocycles. The minimum absolute atomic E-state index is 0.177. The summed E-state index contributed by atoms with van der Waals surface area (Å²) in [5, 5.41) is 0. The second kappa shape index (κ2) is 2.99. The van der Waals surface area contributed by atoms with Crippen LogP contribution >= 0.6 is 11.8 Å². The molecule has 0 aromatic heterocycles. The minimum atomic E-state index is 0.177. The molecule has 1 fully saturated rings. The highest BCUT2D eigenvalue weighted by Crippen LogP contribution is 2.52. The Morgan fingerprint density at radius 1 is 1.54 bits per heavy atom. The average Bonchev–Trinajstić information content (AvgIpc) is 2.40. The first-order valence-electron chi connectivity index (χ1n) is 5.17. The van der Waals surface area contributed by atoms with E-state index in [4.69, 9.17) is 11.8 Å². The van der Waals surface area contributed by atoms with Crippen LogP contribution in [-0.2, 0) is 0 Å². The van der Waals surface area contributed by atoms with Gasteiger partial charge >= 0.3 is 0 Å². The zero-order valence-corrected chi connectivity index (χ0v) is 9.25. The van der Waals surface area contributed by atoms with Gasteiger partial charge in [0, 0.05) is 5.54 Å². The number of hydrogen-bond donors (Lipinski definition) is 1. The number of nitrogens with one attached hydrogen (secondary N) is 1. The molecule has 0 aromatic rings. The van der Waals surface area contributed by atoms with Gasteiger partial charge in [-0.2, -0.15) is 0 Å². The Bertz CT molecular complexity index is 242. The molecular weight excluding hydrogens is 182 g/mol. The first-order valence-corrected chi connectivity index (χ1v) is 5.55. The Morgan fingerprint density at radius 3 is 2.85 bits per heavy atom. The first kappa shape index (κ1) is 9.54. The molecule has 0 aliphatic heterocycles. The smallest absolute Gasteiger partial charge is 0.0371 e. The molecule has 1 nitrogen and oxygen atoms in total. The van der Waals surface area contributed by atoms with E-state index < -0.39 is 0 Å². The van der Waals surface area contributed by atoms with Crippen LogP contribution in [0.4, 0.5) is 0 Å². The van der Waals surface area contributed by atoms with Gasteiger partial charge in [-0.05, 0) is 49.3 Å². The van der Waals surface area contributed by atoms with Gasteiger partial charge in [0.05, 0.1) is 0 Å². The van der Waals surface area contributed by atoms with E-state index >= 15 is 0 Å². The van der Waals surface area contributed by atoms with Gasteiger partial charge in [0.1, 0.15) is 0 Å². The van der Waals surface area contributed by atoms with E-state index in [1.807, 2.05) is 0 Å². The van der Waals surface area contributed by atoms with Gasteiger partial charge in [0.2, 0.25) is 0 Å². The third kappa shape index (κ3) is 1.53. The number of allylic oxidation sites excluding steroid dienone is 1. The second-order valence-corrected chi connectivity index (χ2v) is 5.32. The Morgan fingerprint density at radius 2 is 2.31 bits per heavy atom. The molecule has 1 N–H and O–H groups in total. The fourth-order valence-corrected chi connectivity index (χ4v) is 3.32. The molecule has 2 aliphatic rings. The van der Waals surface area contributed by atoms with Crippen LogP contribution in [0.1, 0.15) is 46.0 Å². The van der Waals surface area contributed by atoms with Crippen LogP contribution in [0.2, 0.25) is 0 Å². The molecule has 0 amide bonds. The van der Waals surface area contributed by atoms with Gasteiger partial charge in [-0.25, -0.2) is 4.84 Å². The Labute approximate surface area is 85.7 Å². The lowest BCUT2D eigenvalue weighted by atomic mass is 9.67. The zero-order chi connectivity index (χ0) is 9.53. The maximum absolute atomic E-state index is 5.88. The van der Waals surface area contributed by atoms with Gasteiger partial charge in [-0.3, -0.25) is 0 Å². The number of fused-ring (bicyclic) bond motifs is 2. The molecule has 0 radical (unpaired) electrons. The van der Waals surface area contributed by atoms with Crippen LogP contribution in [0.5, 0.6) is 0 Å². The van der Waals surface area contributed by atoms with Crippen molar-refractivity contribution in [2.75, 3.05) is 0 Å². The summed E-state index contributed by atoms with van der Waals surface area (Å²) < 4.78 is 0. The largest absolute Gasteiger partial charge is 0.227 e. The molecule has 13 heavy (non-hydrogen) atoms. The summed E-state index contributed by atoms with van der Waals surface area (Å²) in [7, 11) is 0. The van der Waals surface area contributed by atoms with Crippen molar-refractivity contribution in [2.24, 2.45) is 5.41 Å². The standard InChI is InChI=1S/C11H18ClN/c1-3-11(13-12)7-9-4-5-10(2,6-9)8-11/h4,13H,3,5-8H2,1-2H3. The van der Waals surface area contributed by atoms with Crippen LogP contribution in [0.25, 0.3) is 0 Å². The Kier molecular flexibility index (Phi) is 2.20. The van der Waals surface area contributed by atoms with Crippen molar-refractivity contribution >= 4 is 11.8 Å². The summed E-state index contributed by atoms with van der Waals surface area (Å²) >= 11 is 5.88. The van der Waals surface area contributed by atoms with Crippen molar-refractivity contribution in [1.82, 2.24) is 4.84 Å². The molecule has 0 aromatic carbocycles. The van der Waals surface area contributed by atoms with Crippen molar-refractivity contribution in [3.63, 3.8) is 0 Å². The number of halogens is 1. The van der Waals surface area contributed by atoms with Gasteiger partial charge in [-0.1, -0.05) is 25.5 Å². The van der Waals surface area contributed by atoms with Crippen molar-refractivity contribution in [3.8, 4) is 0 Å². The summed E-state index contributed by atoms with van der Waals surface area (Å²) in [6, 6.07) is 0. The van der Waals surface area contributed by atoms with E-state index in [2.05, 4.69) is 24.8 Å². The Balaban J connectivity index is 2.22. The van der Waals surface area contributed by atoms with E-state index in [0.29, 0.717) is 5.41 Å². The lowest BCUT2D eigenvalue weighted by molar-refractivity contribution is 0.173. The maximum atomic E-state index is 5.88. The fraction of sp³-hybridized carbons (Fsp3) is 0.818. The van der Waals surface area contributed by atoms with Crippen LogP contribution in [0.3, 0.4) is 0 Å². The van der Waals surface area contributed by atoms with Crippen LogP contribution in [0.15, 0.2) is 11.6 Å². The first-order chi connectivity index (χ1) is 6.11. The molecular formula is C11H18ClN. The topological polar surface area (TPSA) is 12.0 Å². The lowest BCUT2D eigenvalue weighted by Gasteiger charge is -2.43. The Hall–Kier alpha value is -0.0100. The van der Waals surface area contributed by atoms with E-state index in [0.717, 1.165) is 12.8 Å². The molecule has 2 aliphatic carbocycles. The highest BCUT2D eigenvalue weighted by Gasteiger charge is 2.45. The van der Waals surface area contributed by atoms with Crippen molar-refractivity contribution < 1.29 is 0 Å². The SMILES string of the molecule is CCC1(NCl)CC2=CCC(C)(C2)C1. The average molecular weight is 200 g/mol. The van der Waals surface area contributed by atoms with Crippen LogP contribution in [-0.4, -0.2) is 5.54 Å². The predicted octanol–water partition coefficient (Wildman–Crippen LogP) is 3.40. The molecule has 2 bridgehead atoms. The van der Waals surface area contributed by atoms with E-state index in [9.17, 15) is 0 Å². The number of hydrogen-bond acceptors (Lipinski definition) is 1. The summed E-state index contributed by atoms with van der Waals surface area (Å²) in [6.07, 6.45) is 8.48. The zero-order valence-electron chi connectivity index (χ0n) is 8.49. The van der Waals surface area contributed by atoms with Crippen LogP contribution < -0.4 is 4.84 Å². The molecule has 2 heteroatoms. The maximum Gasteiger partial charge on any atom is 0.0371 e. The number of rotatable bonds is 2. The highest BCUT2D eigenvalue weighted by atomic mass is 35.5. The van der Waals surface area contributed by atoms with Crippen molar-refractivity contribution in [1.29, 1.82) is 0 Å². The van der Waals surface area contributed by atoms with Gasteiger partial charge in [-0.15, -0.1) is 0 Å². The third-order valence-corrected chi connectivity index (χ3v) is 4.15. The van der Waals surface area contributed by atoms with E-state index in [1.54, 1.807) is 5.57 Å². The normalized spacial score (nSPS) is 43.5. The van der Waals surface area contributed by atoms with E-state index in [-0.39, 0.29) is 5.54 Å². The third-order valence-electron chi connectivity index (χ3n) is 3.75. The van der Waals surface area contributed by atoms with Crippen molar-refractivity contribution in [3.05, 3.63) is 11.6 Å². The fourth-order valence-electron chi connectivity index (χ4n) is 3.05. The molecule has 0 spiro atoms. The molecule has 0 heterocycles. The monoisotopic (exact) mass is 199 g/mol. The molecule has 2 rings (SSSR count). The summed E-state index contributed by atoms with van der Waals surface area (Å²) in [5.74, 6) is 0. The molecule has 0 saturated heterocycles. The van der Waals surface area contributed by atoms with E-state index in [1.165, 1.54) is 19.3 Å². The lowest BCUT2D eigenvalue weighted by Crippen LogP contribution is -2.46.